The van der Waals surface area contributed by atoms with E-state index in [9.17, 15) is 0 Å². The second-order valence-corrected chi connectivity index (χ2v) is 5.04. The molecule has 0 aliphatic carbocycles. The molecule has 2 aromatic heterocycles. The topological polar surface area (TPSA) is 64.7 Å². The number of nitrogens with two attached hydrogens (primary N) is 1. The largest absolute Gasteiger partial charge is 0.383 e. The Bertz CT molecular complexity index is 814. The summed E-state index contributed by atoms with van der Waals surface area (Å²) in [6.45, 7) is 3.96. The zero-order chi connectivity index (χ0) is 14.3. The molecule has 0 fully saturated rings. The fraction of sp³-hybridized carbons (Fsp3) is 0.133. The van der Waals surface area contributed by atoms with E-state index >= 15 is 0 Å². The van der Waals surface area contributed by atoms with Crippen molar-refractivity contribution in [1.29, 1.82) is 0 Å². The Balaban J connectivity index is 2.52. The maximum absolute atomic E-state index is 6.33. The number of aryl methyl sites for hydroxylation is 1. The molecule has 0 saturated carbocycles. The number of halogens is 1. The van der Waals surface area contributed by atoms with E-state index in [1.165, 1.54) is 6.33 Å². The molecule has 3 rings (SSSR count). The molecule has 0 amide bonds. The van der Waals surface area contributed by atoms with Crippen molar-refractivity contribution >= 4 is 28.5 Å². The van der Waals surface area contributed by atoms with Gasteiger partial charge in [-0.05, 0) is 25.5 Å². The molecule has 20 heavy (non-hydrogen) atoms. The first kappa shape index (κ1) is 12.8. The van der Waals surface area contributed by atoms with Crippen LogP contribution in [0, 0.1) is 13.8 Å². The van der Waals surface area contributed by atoms with Gasteiger partial charge in [-0.15, -0.1) is 0 Å². The minimum Gasteiger partial charge on any atom is -0.383 e. The molecule has 0 bridgehead atoms. The average Bonchev–Trinajstić information content (AvgIpc) is 2.42. The highest BCUT2D eigenvalue weighted by molar-refractivity contribution is 6.33. The minimum atomic E-state index is 0.417. The average molecular weight is 285 g/mol. The van der Waals surface area contributed by atoms with Gasteiger partial charge in [0, 0.05) is 21.8 Å². The number of aromatic nitrogens is 3. The summed E-state index contributed by atoms with van der Waals surface area (Å²) < 4.78 is 0. The van der Waals surface area contributed by atoms with E-state index in [-0.39, 0.29) is 0 Å². The van der Waals surface area contributed by atoms with E-state index in [0.29, 0.717) is 16.5 Å². The molecule has 0 aliphatic rings. The number of pyridine rings is 1. The lowest BCUT2D eigenvalue weighted by Gasteiger charge is -2.14. The number of fused-ring (bicyclic) bond motifs is 1. The monoisotopic (exact) mass is 284 g/mol. The van der Waals surface area contributed by atoms with Crippen molar-refractivity contribution in [2.45, 2.75) is 13.8 Å². The van der Waals surface area contributed by atoms with Crippen LogP contribution in [0.15, 0.2) is 30.6 Å². The summed E-state index contributed by atoms with van der Waals surface area (Å²) in [5.41, 5.74) is 10.4. The second-order valence-electron chi connectivity index (χ2n) is 4.63. The predicted molar refractivity (Wildman–Crippen MR) is 81.7 cm³/mol. The Morgan fingerprint density at radius 3 is 2.60 bits per heavy atom. The number of nitrogens with zero attached hydrogens (tertiary/aromatic N) is 3. The van der Waals surface area contributed by atoms with Gasteiger partial charge in [0.05, 0.1) is 5.39 Å². The second kappa shape index (κ2) is 4.72. The molecule has 2 N–H and O–H groups in total. The SMILES string of the molecule is Cc1nc2ncnc(N)c2c(-c2ccccc2Cl)c1C. The van der Waals surface area contributed by atoms with Gasteiger partial charge < -0.3 is 5.73 Å². The third-order valence-corrected chi connectivity index (χ3v) is 3.77. The molecule has 3 aromatic rings. The van der Waals surface area contributed by atoms with Crippen molar-refractivity contribution < 1.29 is 0 Å². The Kier molecular flexibility index (Phi) is 3.03. The van der Waals surface area contributed by atoms with E-state index in [0.717, 1.165) is 27.8 Å². The van der Waals surface area contributed by atoms with Crippen molar-refractivity contribution in [3.63, 3.8) is 0 Å². The van der Waals surface area contributed by atoms with Crippen LogP contribution < -0.4 is 5.73 Å². The highest BCUT2D eigenvalue weighted by Crippen LogP contribution is 2.37. The minimum absolute atomic E-state index is 0.417. The number of rotatable bonds is 1. The third kappa shape index (κ3) is 1.89. The Morgan fingerprint density at radius 2 is 1.85 bits per heavy atom. The van der Waals surface area contributed by atoms with E-state index in [4.69, 9.17) is 17.3 Å². The zero-order valence-electron chi connectivity index (χ0n) is 11.2. The molecule has 0 aliphatic heterocycles. The summed E-state index contributed by atoms with van der Waals surface area (Å²) in [4.78, 5) is 12.8. The maximum Gasteiger partial charge on any atom is 0.165 e. The van der Waals surface area contributed by atoms with Crippen molar-refractivity contribution in [3.05, 3.63) is 46.9 Å². The van der Waals surface area contributed by atoms with E-state index in [1.54, 1.807) is 0 Å². The van der Waals surface area contributed by atoms with Gasteiger partial charge in [-0.25, -0.2) is 15.0 Å². The normalized spacial score (nSPS) is 10.9. The molecule has 0 unspecified atom stereocenters. The summed E-state index contributed by atoms with van der Waals surface area (Å²) in [7, 11) is 0. The van der Waals surface area contributed by atoms with E-state index in [1.807, 2.05) is 38.1 Å². The van der Waals surface area contributed by atoms with Crippen LogP contribution in [-0.2, 0) is 0 Å². The first-order valence-electron chi connectivity index (χ1n) is 6.22. The van der Waals surface area contributed by atoms with Crippen LogP contribution in [0.3, 0.4) is 0 Å². The van der Waals surface area contributed by atoms with Crippen LogP contribution in [0.4, 0.5) is 5.82 Å². The highest BCUT2D eigenvalue weighted by atomic mass is 35.5. The Labute approximate surface area is 121 Å². The summed E-state index contributed by atoms with van der Waals surface area (Å²) in [5, 5.41) is 1.43. The Morgan fingerprint density at radius 1 is 1.10 bits per heavy atom. The van der Waals surface area contributed by atoms with Crippen LogP contribution in [0.2, 0.25) is 5.02 Å². The summed E-state index contributed by atoms with van der Waals surface area (Å²) >= 11 is 6.33. The number of nitrogen functional groups attached to an aromatic ring is 1. The van der Waals surface area contributed by atoms with Gasteiger partial charge in [0.1, 0.15) is 12.1 Å². The van der Waals surface area contributed by atoms with Crippen LogP contribution in [0.5, 0.6) is 0 Å². The lowest BCUT2D eigenvalue weighted by atomic mass is 9.96. The molecule has 0 atom stereocenters. The van der Waals surface area contributed by atoms with Crippen molar-refractivity contribution in [2.75, 3.05) is 5.73 Å². The molecule has 0 spiro atoms. The van der Waals surface area contributed by atoms with Gasteiger partial charge in [0.25, 0.3) is 0 Å². The third-order valence-electron chi connectivity index (χ3n) is 3.44. The summed E-state index contributed by atoms with van der Waals surface area (Å²) in [6, 6.07) is 7.67. The molecule has 100 valence electrons. The van der Waals surface area contributed by atoms with E-state index in [2.05, 4.69) is 15.0 Å². The first-order valence-corrected chi connectivity index (χ1v) is 6.59. The van der Waals surface area contributed by atoms with Crippen LogP contribution in [-0.4, -0.2) is 15.0 Å². The lowest BCUT2D eigenvalue weighted by Crippen LogP contribution is -2.01. The molecule has 0 radical (unpaired) electrons. The molecule has 1 aromatic carbocycles. The Hall–Kier alpha value is -2.20. The number of anilines is 1. The van der Waals surface area contributed by atoms with Gasteiger partial charge in [-0.3, -0.25) is 0 Å². The number of hydrogen-bond acceptors (Lipinski definition) is 4. The van der Waals surface area contributed by atoms with Crippen molar-refractivity contribution in [2.24, 2.45) is 0 Å². The smallest absolute Gasteiger partial charge is 0.165 e. The van der Waals surface area contributed by atoms with Gasteiger partial charge in [-0.1, -0.05) is 29.8 Å². The molecule has 2 heterocycles. The van der Waals surface area contributed by atoms with Crippen molar-refractivity contribution in [3.8, 4) is 11.1 Å². The number of benzene rings is 1. The maximum atomic E-state index is 6.33. The van der Waals surface area contributed by atoms with Crippen LogP contribution in [0.1, 0.15) is 11.3 Å². The number of hydrogen-bond donors (Lipinski definition) is 1. The molecular formula is C15H13ClN4. The van der Waals surface area contributed by atoms with E-state index < -0.39 is 0 Å². The predicted octanol–water partition coefficient (Wildman–Crippen LogP) is 3.54. The van der Waals surface area contributed by atoms with Gasteiger partial charge >= 0.3 is 0 Å². The lowest BCUT2D eigenvalue weighted by molar-refractivity contribution is 1.13. The fourth-order valence-electron chi connectivity index (χ4n) is 2.33. The quantitative estimate of drug-likeness (QED) is 0.742. The molecule has 4 nitrogen and oxygen atoms in total. The zero-order valence-corrected chi connectivity index (χ0v) is 11.9. The van der Waals surface area contributed by atoms with Crippen LogP contribution >= 0.6 is 11.6 Å². The molecule has 0 saturated heterocycles. The molecular weight excluding hydrogens is 272 g/mol. The van der Waals surface area contributed by atoms with Gasteiger partial charge in [-0.2, -0.15) is 0 Å². The first-order chi connectivity index (χ1) is 9.59. The highest BCUT2D eigenvalue weighted by Gasteiger charge is 2.16. The van der Waals surface area contributed by atoms with Crippen molar-refractivity contribution in [1.82, 2.24) is 15.0 Å². The van der Waals surface area contributed by atoms with Gasteiger partial charge in [0.15, 0.2) is 5.65 Å². The fourth-order valence-corrected chi connectivity index (χ4v) is 2.56. The molecule has 5 heteroatoms. The summed E-state index contributed by atoms with van der Waals surface area (Å²) in [6.07, 6.45) is 1.43. The van der Waals surface area contributed by atoms with Crippen LogP contribution in [0.25, 0.3) is 22.2 Å². The summed E-state index contributed by atoms with van der Waals surface area (Å²) in [5.74, 6) is 0.417. The standard InChI is InChI=1S/C15H13ClN4/c1-8-9(2)20-15-13(14(17)18-7-19-15)12(8)10-5-3-4-6-11(10)16/h3-7H,1-2H3,(H2,17,18,19,20). The van der Waals surface area contributed by atoms with Gasteiger partial charge in [0.2, 0.25) is 0 Å².